The van der Waals surface area contributed by atoms with Gasteiger partial charge in [0.25, 0.3) is 5.91 Å². The second kappa shape index (κ2) is 10.4. The number of rotatable bonds is 5. The molecule has 0 radical (unpaired) electrons. The minimum atomic E-state index is 0. The van der Waals surface area contributed by atoms with E-state index in [0.29, 0.717) is 17.2 Å². The van der Waals surface area contributed by atoms with E-state index >= 15 is 0 Å². The normalized spacial score (nSPS) is 16.4. The third kappa shape index (κ3) is 5.63. The number of carbonyl (C=O) groups excluding carboxylic acids is 1. The van der Waals surface area contributed by atoms with Crippen LogP contribution in [0.3, 0.4) is 0 Å². The van der Waals surface area contributed by atoms with Gasteiger partial charge >= 0.3 is 0 Å². The zero-order chi connectivity index (χ0) is 16.9. The minimum absolute atomic E-state index is 0. The first kappa shape index (κ1) is 22.3. The Morgan fingerprint density at radius 1 is 1.12 bits per heavy atom. The van der Waals surface area contributed by atoms with Gasteiger partial charge in [0.2, 0.25) is 0 Å². The van der Waals surface area contributed by atoms with Crippen LogP contribution in [0.1, 0.15) is 22.3 Å². The molecule has 1 amide bonds. The maximum atomic E-state index is 12.6. The fraction of sp³-hybridized carbons (Fsp3) is 0.350. The lowest BCUT2D eigenvalue weighted by Gasteiger charge is -2.22. The van der Waals surface area contributed by atoms with Crippen molar-refractivity contribution in [3.8, 4) is 0 Å². The van der Waals surface area contributed by atoms with Crippen LogP contribution in [-0.2, 0) is 6.54 Å². The number of nitrogens with two attached hydrogens (primary N) is 1. The minimum Gasteiger partial charge on any atom is -0.398 e. The summed E-state index contributed by atoms with van der Waals surface area (Å²) in [7, 11) is 1.87. The van der Waals surface area contributed by atoms with Gasteiger partial charge in [0, 0.05) is 32.4 Å². The van der Waals surface area contributed by atoms with Crippen molar-refractivity contribution in [1.82, 2.24) is 9.80 Å². The standard InChI is InChI=1S/C20H25N3O.2ClH/c1-22(20(24)18-9-5-6-10-19(18)21)13-17-11-12-23(15-17)14-16-7-3-2-4-8-16;;/h2-10,17H,11-15,21H2,1H3;2*1H. The SMILES string of the molecule is CN(CC1CCN(Cc2ccccc2)C1)C(=O)c1ccccc1N.Cl.Cl. The van der Waals surface area contributed by atoms with Gasteiger partial charge in [-0.3, -0.25) is 9.69 Å². The van der Waals surface area contributed by atoms with Gasteiger partial charge in [0.15, 0.2) is 0 Å². The first-order valence-electron chi connectivity index (χ1n) is 8.49. The quantitative estimate of drug-likeness (QED) is 0.784. The molecule has 0 saturated carbocycles. The molecule has 1 aliphatic rings. The highest BCUT2D eigenvalue weighted by Crippen LogP contribution is 2.21. The number of halogens is 2. The molecule has 1 saturated heterocycles. The van der Waals surface area contributed by atoms with Gasteiger partial charge in [-0.2, -0.15) is 0 Å². The van der Waals surface area contributed by atoms with Crippen LogP contribution in [0.5, 0.6) is 0 Å². The smallest absolute Gasteiger partial charge is 0.255 e. The molecular formula is C20H27Cl2N3O. The van der Waals surface area contributed by atoms with E-state index in [2.05, 4.69) is 29.2 Å². The Morgan fingerprint density at radius 2 is 1.77 bits per heavy atom. The van der Waals surface area contributed by atoms with Crippen LogP contribution in [0.15, 0.2) is 54.6 Å². The summed E-state index contributed by atoms with van der Waals surface area (Å²) in [5.41, 5.74) is 8.41. The van der Waals surface area contributed by atoms with Gasteiger partial charge in [-0.05, 0) is 36.6 Å². The summed E-state index contributed by atoms with van der Waals surface area (Å²) in [5.74, 6) is 0.530. The number of nitrogen functional groups attached to an aromatic ring is 1. The number of hydrogen-bond acceptors (Lipinski definition) is 3. The Labute approximate surface area is 168 Å². The number of hydrogen-bond donors (Lipinski definition) is 1. The average Bonchev–Trinajstić information content (AvgIpc) is 3.02. The molecule has 6 heteroatoms. The maximum Gasteiger partial charge on any atom is 0.255 e. The van der Waals surface area contributed by atoms with Gasteiger partial charge in [-0.25, -0.2) is 0 Å². The lowest BCUT2D eigenvalue weighted by molar-refractivity contribution is 0.0774. The van der Waals surface area contributed by atoms with Crippen molar-refractivity contribution < 1.29 is 4.79 Å². The molecule has 0 bridgehead atoms. The molecule has 1 heterocycles. The Hall–Kier alpha value is -1.75. The second-order valence-electron chi connectivity index (χ2n) is 6.65. The Balaban J connectivity index is 0.00000169. The summed E-state index contributed by atoms with van der Waals surface area (Å²) in [6, 6.07) is 17.8. The molecule has 4 nitrogen and oxygen atoms in total. The Kier molecular flexibility index (Phi) is 8.93. The van der Waals surface area contributed by atoms with Crippen molar-refractivity contribution in [3.63, 3.8) is 0 Å². The topological polar surface area (TPSA) is 49.6 Å². The summed E-state index contributed by atoms with van der Waals surface area (Å²) in [5, 5.41) is 0. The summed E-state index contributed by atoms with van der Waals surface area (Å²) in [6.45, 7) is 3.89. The zero-order valence-corrected chi connectivity index (χ0v) is 16.6. The lowest BCUT2D eigenvalue weighted by atomic mass is 10.1. The zero-order valence-electron chi connectivity index (χ0n) is 15.0. The van der Waals surface area contributed by atoms with Crippen LogP contribution in [0, 0.1) is 5.92 Å². The fourth-order valence-electron chi connectivity index (χ4n) is 3.41. The molecule has 0 aliphatic carbocycles. The molecule has 3 rings (SSSR count). The maximum absolute atomic E-state index is 12.6. The van der Waals surface area contributed by atoms with E-state index in [0.717, 1.165) is 32.6 Å². The summed E-state index contributed by atoms with van der Waals surface area (Å²) >= 11 is 0. The molecule has 2 aromatic carbocycles. The van der Waals surface area contributed by atoms with Crippen LogP contribution in [-0.4, -0.2) is 42.4 Å². The molecule has 0 spiro atoms. The molecule has 1 atom stereocenters. The number of nitrogens with zero attached hydrogens (tertiary/aromatic N) is 2. The summed E-state index contributed by atoms with van der Waals surface area (Å²) in [6.07, 6.45) is 1.13. The Morgan fingerprint density at radius 3 is 2.46 bits per heavy atom. The van der Waals surface area contributed by atoms with Gasteiger partial charge in [0.05, 0.1) is 5.56 Å². The molecule has 26 heavy (non-hydrogen) atoms. The van der Waals surface area contributed by atoms with E-state index in [-0.39, 0.29) is 30.7 Å². The summed E-state index contributed by atoms with van der Waals surface area (Å²) < 4.78 is 0. The first-order chi connectivity index (χ1) is 11.6. The van der Waals surface area contributed by atoms with Gasteiger partial charge < -0.3 is 10.6 Å². The van der Waals surface area contributed by atoms with Crippen molar-refractivity contribution >= 4 is 36.4 Å². The fourth-order valence-corrected chi connectivity index (χ4v) is 3.41. The van der Waals surface area contributed by atoms with Crippen LogP contribution in [0.25, 0.3) is 0 Å². The molecule has 1 unspecified atom stereocenters. The largest absolute Gasteiger partial charge is 0.398 e. The number of benzene rings is 2. The Bertz CT molecular complexity index is 696. The third-order valence-electron chi connectivity index (χ3n) is 4.69. The van der Waals surface area contributed by atoms with Gasteiger partial charge in [-0.1, -0.05) is 42.5 Å². The van der Waals surface area contributed by atoms with E-state index in [1.165, 1.54) is 5.56 Å². The molecule has 2 aromatic rings. The molecule has 1 fully saturated rings. The van der Waals surface area contributed by atoms with Gasteiger partial charge in [0.1, 0.15) is 0 Å². The van der Waals surface area contributed by atoms with Crippen LogP contribution in [0.4, 0.5) is 5.69 Å². The molecule has 1 aliphatic heterocycles. The highest BCUT2D eigenvalue weighted by molar-refractivity contribution is 5.98. The summed E-state index contributed by atoms with van der Waals surface area (Å²) in [4.78, 5) is 16.8. The molecule has 2 N–H and O–H groups in total. The third-order valence-corrected chi connectivity index (χ3v) is 4.69. The first-order valence-corrected chi connectivity index (χ1v) is 8.49. The number of anilines is 1. The van der Waals surface area contributed by atoms with Crippen LogP contribution in [0.2, 0.25) is 0 Å². The van der Waals surface area contributed by atoms with E-state index in [1.807, 2.05) is 30.1 Å². The van der Waals surface area contributed by atoms with Crippen molar-refractivity contribution in [2.24, 2.45) is 5.92 Å². The molecule has 142 valence electrons. The van der Waals surface area contributed by atoms with Crippen LogP contribution < -0.4 is 5.73 Å². The van der Waals surface area contributed by atoms with Crippen LogP contribution >= 0.6 is 24.8 Å². The van der Waals surface area contributed by atoms with E-state index in [9.17, 15) is 4.79 Å². The number of para-hydroxylation sites is 1. The van der Waals surface area contributed by atoms with E-state index in [1.54, 1.807) is 12.1 Å². The van der Waals surface area contributed by atoms with Gasteiger partial charge in [-0.15, -0.1) is 24.8 Å². The molecule has 0 aromatic heterocycles. The second-order valence-corrected chi connectivity index (χ2v) is 6.65. The van der Waals surface area contributed by atoms with Crippen molar-refractivity contribution in [1.29, 1.82) is 0 Å². The van der Waals surface area contributed by atoms with Crippen molar-refractivity contribution in [3.05, 3.63) is 65.7 Å². The number of amides is 1. The van der Waals surface area contributed by atoms with Crippen molar-refractivity contribution in [2.75, 3.05) is 32.4 Å². The highest BCUT2D eigenvalue weighted by Gasteiger charge is 2.25. The highest BCUT2D eigenvalue weighted by atomic mass is 35.5. The van der Waals surface area contributed by atoms with E-state index in [4.69, 9.17) is 5.73 Å². The number of likely N-dealkylation sites (tertiary alicyclic amines) is 1. The van der Waals surface area contributed by atoms with E-state index < -0.39 is 0 Å². The predicted molar refractivity (Wildman–Crippen MR) is 112 cm³/mol. The predicted octanol–water partition coefficient (Wildman–Crippen LogP) is 3.71. The molecular weight excluding hydrogens is 369 g/mol. The number of carbonyl (C=O) groups is 1. The average molecular weight is 396 g/mol. The van der Waals surface area contributed by atoms with Crippen molar-refractivity contribution in [2.45, 2.75) is 13.0 Å². The lowest BCUT2D eigenvalue weighted by Crippen LogP contribution is -2.33. The monoisotopic (exact) mass is 395 g/mol.